The maximum absolute atomic E-state index is 14.5. The molecule has 0 fully saturated rings. The van der Waals surface area contributed by atoms with Crippen molar-refractivity contribution < 1.29 is 13.6 Å². The molecule has 0 spiro atoms. The Morgan fingerprint density at radius 3 is 2.08 bits per heavy atom. The van der Waals surface area contributed by atoms with Crippen LogP contribution in [0.25, 0.3) is 0 Å². The lowest BCUT2D eigenvalue weighted by Gasteiger charge is -2.27. The first-order valence-electron chi connectivity index (χ1n) is 7.52. The maximum Gasteiger partial charge on any atom is 0.349 e. The van der Waals surface area contributed by atoms with E-state index in [1.54, 1.807) is 6.07 Å². The molecule has 3 nitrogen and oxygen atoms in total. The van der Waals surface area contributed by atoms with E-state index in [2.05, 4.69) is 0 Å². The van der Waals surface area contributed by atoms with E-state index in [1.165, 1.54) is 29.2 Å². The fourth-order valence-electron chi connectivity index (χ4n) is 2.31. The predicted octanol–water partition coefficient (Wildman–Crippen LogP) is 3.58. The average Bonchev–Trinajstić information content (AvgIpc) is 2.59. The van der Waals surface area contributed by atoms with Crippen LogP contribution in [0.3, 0.4) is 0 Å². The quantitative estimate of drug-likeness (QED) is 0.826. The molecular weight excluding hydrogens is 334 g/mol. The second-order valence-electron chi connectivity index (χ2n) is 5.29. The molecule has 0 heterocycles. The van der Waals surface area contributed by atoms with Crippen LogP contribution in [0.2, 0.25) is 0 Å². The number of alkyl halides is 2. The molecule has 0 aromatic heterocycles. The lowest BCUT2D eigenvalue weighted by molar-refractivity contribution is -0.159. The van der Waals surface area contributed by atoms with Gasteiger partial charge in [-0.15, -0.1) is 12.4 Å². The molecule has 0 radical (unpaired) electrons. The molecule has 24 heavy (non-hydrogen) atoms. The summed E-state index contributed by atoms with van der Waals surface area (Å²) in [6.07, 6.45) is 0.476. The SMILES string of the molecule is Cl.NCCCN(Cc1ccccc1)C(=O)C(F)(F)c1ccccc1. The summed E-state index contributed by atoms with van der Waals surface area (Å²) in [5, 5.41) is 0. The van der Waals surface area contributed by atoms with Gasteiger partial charge >= 0.3 is 5.92 Å². The van der Waals surface area contributed by atoms with Crippen molar-refractivity contribution in [1.82, 2.24) is 4.90 Å². The lowest BCUT2D eigenvalue weighted by atomic mass is 10.1. The standard InChI is InChI=1S/C18H20F2N2O.ClH/c19-18(20,16-10-5-2-6-11-16)17(23)22(13-7-12-21)14-15-8-3-1-4-9-15;/h1-6,8-11H,7,12-14,21H2;1H. The summed E-state index contributed by atoms with van der Waals surface area (Å²) in [4.78, 5) is 13.6. The topological polar surface area (TPSA) is 46.3 Å². The third kappa shape index (κ3) is 5.01. The fourth-order valence-corrected chi connectivity index (χ4v) is 2.31. The molecule has 0 atom stereocenters. The molecule has 0 saturated carbocycles. The molecule has 6 heteroatoms. The number of hydrogen-bond donors (Lipinski definition) is 1. The van der Waals surface area contributed by atoms with Crippen LogP contribution in [0.1, 0.15) is 17.5 Å². The highest BCUT2D eigenvalue weighted by Crippen LogP contribution is 2.30. The number of nitrogens with zero attached hydrogens (tertiary/aromatic N) is 1. The van der Waals surface area contributed by atoms with E-state index in [0.717, 1.165) is 5.56 Å². The Morgan fingerprint density at radius 1 is 1.00 bits per heavy atom. The largest absolute Gasteiger partial charge is 0.349 e. The summed E-state index contributed by atoms with van der Waals surface area (Å²) < 4.78 is 29.0. The molecule has 2 N–H and O–H groups in total. The molecule has 1 amide bonds. The van der Waals surface area contributed by atoms with E-state index in [0.29, 0.717) is 13.0 Å². The number of halogens is 3. The molecule has 0 bridgehead atoms. The zero-order valence-electron chi connectivity index (χ0n) is 13.2. The molecule has 0 aliphatic rings. The van der Waals surface area contributed by atoms with Gasteiger partial charge in [0.2, 0.25) is 0 Å². The van der Waals surface area contributed by atoms with Crippen LogP contribution in [0.4, 0.5) is 8.78 Å². The number of benzene rings is 2. The molecule has 2 aromatic carbocycles. The Morgan fingerprint density at radius 2 is 1.54 bits per heavy atom. The van der Waals surface area contributed by atoms with Crippen molar-refractivity contribution in [2.45, 2.75) is 18.9 Å². The van der Waals surface area contributed by atoms with Gasteiger partial charge in [-0.1, -0.05) is 60.7 Å². The van der Waals surface area contributed by atoms with Gasteiger partial charge in [0.25, 0.3) is 5.91 Å². The van der Waals surface area contributed by atoms with E-state index < -0.39 is 11.8 Å². The van der Waals surface area contributed by atoms with Gasteiger partial charge in [0.15, 0.2) is 0 Å². The Hall–Kier alpha value is -1.98. The van der Waals surface area contributed by atoms with E-state index in [4.69, 9.17) is 5.73 Å². The predicted molar refractivity (Wildman–Crippen MR) is 93.1 cm³/mol. The average molecular weight is 355 g/mol. The van der Waals surface area contributed by atoms with E-state index in [-0.39, 0.29) is 31.1 Å². The van der Waals surface area contributed by atoms with Gasteiger partial charge in [0.05, 0.1) is 0 Å². The van der Waals surface area contributed by atoms with Crippen LogP contribution < -0.4 is 5.73 Å². The first-order valence-corrected chi connectivity index (χ1v) is 7.52. The highest BCUT2D eigenvalue weighted by molar-refractivity contribution is 5.85. The van der Waals surface area contributed by atoms with E-state index in [9.17, 15) is 13.6 Å². The minimum atomic E-state index is -3.55. The third-order valence-corrected chi connectivity index (χ3v) is 3.54. The van der Waals surface area contributed by atoms with Crippen molar-refractivity contribution in [3.05, 3.63) is 71.8 Å². The van der Waals surface area contributed by atoms with Gasteiger partial charge < -0.3 is 10.6 Å². The number of amides is 1. The summed E-state index contributed by atoms with van der Waals surface area (Å²) in [6, 6.07) is 16.3. The maximum atomic E-state index is 14.5. The van der Waals surface area contributed by atoms with Crippen LogP contribution >= 0.6 is 12.4 Å². The molecule has 0 aliphatic heterocycles. The van der Waals surface area contributed by atoms with Crippen molar-refractivity contribution in [1.29, 1.82) is 0 Å². The van der Waals surface area contributed by atoms with Gasteiger partial charge in [-0.2, -0.15) is 8.78 Å². The molecule has 130 valence electrons. The van der Waals surface area contributed by atoms with Gasteiger partial charge in [-0.3, -0.25) is 4.79 Å². The summed E-state index contributed by atoms with van der Waals surface area (Å²) in [7, 11) is 0. The van der Waals surface area contributed by atoms with Gasteiger partial charge in [-0.25, -0.2) is 0 Å². The Bertz CT molecular complexity index is 623. The van der Waals surface area contributed by atoms with Gasteiger partial charge in [0, 0.05) is 18.7 Å². The van der Waals surface area contributed by atoms with E-state index >= 15 is 0 Å². The van der Waals surface area contributed by atoms with Gasteiger partial charge in [-0.05, 0) is 18.5 Å². The normalized spacial score (nSPS) is 10.8. The number of carbonyl (C=O) groups excluding carboxylic acids is 1. The van der Waals surface area contributed by atoms with Crippen molar-refractivity contribution in [3.63, 3.8) is 0 Å². The second kappa shape index (κ2) is 9.35. The molecule has 0 aliphatic carbocycles. The minimum Gasteiger partial charge on any atom is -0.333 e. The summed E-state index contributed by atoms with van der Waals surface area (Å²) in [5.41, 5.74) is 5.98. The van der Waals surface area contributed by atoms with E-state index in [1.807, 2.05) is 30.3 Å². The first kappa shape index (κ1) is 20.1. The summed E-state index contributed by atoms with van der Waals surface area (Å²) in [6.45, 7) is 0.685. The Labute approximate surface area is 146 Å². The highest BCUT2D eigenvalue weighted by Gasteiger charge is 2.43. The molecule has 0 saturated heterocycles. The zero-order chi connectivity index (χ0) is 16.7. The van der Waals surface area contributed by atoms with Crippen molar-refractivity contribution >= 4 is 18.3 Å². The van der Waals surface area contributed by atoms with Crippen LogP contribution in [-0.2, 0) is 17.3 Å². The van der Waals surface area contributed by atoms with Crippen molar-refractivity contribution in [2.75, 3.05) is 13.1 Å². The molecule has 2 rings (SSSR count). The number of rotatable bonds is 7. The van der Waals surface area contributed by atoms with Crippen LogP contribution in [0.15, 0.2) is 60.7 Å². The van der Waals surface area contributed by atoms with Gasteiger partial charge in [0.1, 0.15) is 0 Å². The summed E-state index contributed by atoms with van der Waals surface area (Å²) in [5.74, 6) is -4.74. The number of nitrogens with two attached hydrogens (primary N) is 1. The Kier molecular flexibility index (Phi) is 7.82. The van der Waals surface area contributed by atoms with Crippen LogP contribution in [-0.4, -0.2) is 23.9 Å². The molecule has 2 aromatic rings. The zero-order valence-corrected chi connectivity index (χ0v) is 14.0. The first-order chi connectivity index (χ1) is 11.1. The highest BCUT2D eigenvalue weighted by atomic mass is 35.5. The monoisotopic (exact) mass is 354 g/mol. The number of hydrogen-bond acceptors (Lipinski definition) is 2. The smallest absolute Gasteiger partial charge is 0.333 e. The minimum absolute atomic E-state index is 0. The lowest BCUT2D eigenvalue weighted by Crippen LogP contribution is -2.42. The fraction of sp³-hybridized carbons (Fsp3) is 0.278. The van der Waals surface area contributed by atoms with Crippen LogP contribution in [0.5, 0.6) is 0 Å². The molecule has 0 unspecified atom stereocenters. The Balaban J connectivity index is 0.00000288. The summed E-state index contributed by atoms with van der Waals surface area (Å²) >= 11 is 0. The second-order valence-corrected chi connectivity index (χ2v) is 5.29. The van der Waals surface area contributed by atoms with Crippen molar-refractivity contribution in [2.24, 2.45) is 5.73 Å². The van der Waals surface area contributed by atoms with Crippen LogP contribution in [0, 0.1) is 0 Å². The van der Waals surface area contributed by atoms with Crippen molar-refractivity contribution in [3.8, 4) is 0 Å². The molecular formula is C18H21ClF2N2O. The number of carbonyl (C=O) groups is 1. The third-order valence-electron chi connectivity index (χ3n) is 3.54.